The maximum atomic E-state index is 10.5. The number of ether oxygens (including phenoxy) is 2. The standard InChI is InChI=1S/C10H12N2O4.C5H10O3/c11-8(9(13)14)5-6-1-3-7(4-2-6)16-10(12)15;1-5(2,3)8-4(6)7/h1-4,8H,5,11H2,(H2,12,15)(H,13,14);1-3H3,(H,6,7)/t8-;/m0./s1. The zero-order valence-corrected chi connectivity index (χ0v) is 13.7. The van der Waals surface area contributed by atoms with Crippen LogP contribution in [-0.2, 0) is 16.0 Å². The van der Waals surface area contributed by atoms with E-state index in [0.717, 1.165) is 5.56 Å². The van der Waals surface area contributed by atoms with E-state index in [0.29, 0.717) is 5.75 Å². The van der Waals surface area contributed by atoms with Gasteiger partial charge in [-0.05, 0) is 44.9 Å². The molecule has 9 nitrogen and oxygen atoms in total. The van der Waals surface area contributed by atoms with Crippen molar-refractivity contribution >= 4 is 18.2 Å². The van der Waals surface area contributed by atoms with Crippen molar-refractivity contribution < 1.29 is 34.1 Å². The van der Waals surface area contributed by atoms with Gasteiger partial charge < -0.3 is 31.2 Å². The van der Waals surface area contributed by atoms with Crippen LogP contribution < -0.4 is 16.2 Å². The van der Waals surface area contributed by atoms with Gasteiger partial charge in [-0.2, -0.15) is 0 Å². The number of carbonyl (C=O) groups is 3. The summed E-state index contributed by atoms with van der Waals surface area (Å²) in [7, 11) is 0. The number of hydrogen-bond acceptors (Lipinski definition) is 6. The summed E-state index contributed by atoms with van der Waals surface area (Å²) in [5, 5.41) is 16.6. The number of primary amides is 1. The average Bonchev–Trinajstić information content (AvgIpc) is 2.38. The third kappa shape index (κ3) is 10.9. The summed E-state index contributed by atoms with van der Waals surface area (Å²) in [5.41, 5.74) is 10.4. The van der Waals surface area contributed by atoms with Crippen molar-refractivity contribution in [2.45, 2.75) is 38.8 Å². The summed E-state index contributed by atoms with van der Waals surface area (Å²) in [6.07, 6.45) is -1.90. The molecule has 0 radical (unpaired) electrons. The van der Waals surface area contributed by atoms with Crippen LogP contribution in [-0.4, -0.2) is 40.1 Å². The van der Waals surface area contributed by atoms with E-state index in [1.165, 1.54) is 12.1 Å². The Labute approximate surface area is 139 Å². The second kappa shape index (κ2) is 9.36. The molecular formula is C15H22N2O7. The number of nitrogens with two attached hydrogens (primary N) is 2. The van der Waals surface area contributed by atoms with Crippen molar-refractivity contribution in [2.24, 2.45) is 11.5 Å². The topological polar surface area (TPSA) is 162 Å². The highest BCUT2D eigenvalue weighted by molar-refractivity contribution is 5.73. The molecule has 1 aromatic rings. The molecule has 1 atom stereocenters. The van der Waals surface area contributed by atoms with Crippen LogP contribution in [0.5, 0.6) is 5.75 Å². The molecule has 0 aliphatic rings. The van der Waals surface area contributed by atoms with Gasteiger partial charge in [0, 0.05) is 0 Å². The van der Waals surface area contributed by atoms with Crippen molar-refractivity contribution in [3.63, 3.8) is 0 Å². The quantitative estimate of drug-likeness (QED) is 0.599. The maximum absolute atomic E-state index is 10.5. The maximum Gasteiger partial charge on any atom is 0.506 e. The molecule has 0 saturated heterocycles. The summed E-state index contributed by atoms with van der Waals surface area (Å²) in [4.78, 5) is 30.7. The molecule has 6 N–H and O–H groups in total. The number of carboxylic acid groups (broad SMARTS) is 2. The fourth-order valence-electron chi connectivity index (χ4n) is 1.41. The van der Waals surface area contributed by atoms with Crippen molar-refractivity contribution in [3.05, 3.63) is 29.8 Å². The first-order valence-corrected chi connectivity index (χ1v) is 6.87. The molecule has 0 unspecified atom stereocenters. The van der Waals surface area contributed by atoms with Crippen LogP contribution in [0.25, 0.3) is 0 Å². The number of amides is 1. The fourth-order valence-corrected chi connectivity index (χ4v) is 1.41. The van der Waals surface area contributed by atoms with Crippen molar-refractivity contribution in [3.8, 4) is 5.75 Å². The van der Waals surface area contributed by atoms with E-state index in [4.69, 9.17) is 21.7 Å². The monoisotopic (exact) mass is 342 g/mol. The molecule has 0 aliphatic heterocycles. The highest BCUT2D eigenvalue weighted by atomic mass is 16.7. The Morgan fingerprint density at radius 1 is 1.12 bits per heavy atom. The fraction of sp³-hybridized carbons (Fsp3) is 0.400. The number of rotatable bonds is 4. The lowest BCUT2D eigenvalue weighted by Gasteiger charge is -2.15. The van der Waals surface area contributed by atoms with E-state index in [2.05, 4.69) is 9.47 Å². The Bertz CT molecular complexity index is 564. The Morgan fingerprint density at radius 2 is 1.62 bits per heavy atom. The van der Waals surface area contributed by atoms with Crippen molar-refractivity contribution in [1.29, 1.82) is 0 Å². The van der Waals surface area contributed by atoms with E-state index in [-0.39, 0.29) is 6.42 Å². The van der Waals surface area contributed by atoms with Gasteiger partial charge in [0.25, 0.3) is 0 Å². The van der Waals surface area contributed by atoms with Crippen LogP contribution in [0.15, 0.2) is 24.3 Å². The summed E-state index contributed by atoms with van der Waals surface area (Å²) < 4.78 is 8.97. The first kappa shape index (κ1) is 21.2. The minimum atomic E-state index is -1.22. The van der Waals surface area contributed by atoms with Crippen LogP contribution >= 0.6 is 0 Å². The predicted molar refractivity (Wildman–Crippen MR) is 84.8 cm³/mol. The smallest absolute Gasteiger partial charge is 0.480 e. The summed E-state index contributed by atoms with van der Waals surface area (Å²) in [6, 6.07) is 5.36. The number of carboxylic acids is 1. The first-order valence-electron chi connectivity index (χ1n) is 6.87. The molecule has 134 valence electrons. The van der Waals surface area contributed by atoms with Crippen molar-refractivity contribution in [1.82, 2.24) is 0 Å². The Kier molecular flexibility index (Phi) is 8.26. The summed E-state index contributed by atoms with van der Waals surface area (Å²) in [5.74, 6) is -0.752. The summed E-state index contributed by atoms with van der Waals surface area (Å²) >= 11 is 0. The SMILES string of the molecule is CC(C)(C)OC(=O)O.NC(=O)Oc1ccc(C[C@H](N)C(=O)O)cc1. The van der Waals surface area contributed by atoms with Gasteiger partial charge in [-0.3, -0.25) is 4.79 Å². The minimum absolute atomic E-state index is 0.214. The van der Waals surface area contributed by atoms with E-state index in [1.54, 1.807) is 32.9 Å². The third-order valence-corrected chi connectivity index (χ3v) is 2.31. The number of benzene rings is 1. The van der Waals surface area contributed by atoms with Gasteiger partial charge in [0.2, 0.25) is 0 Å². The molecule has 1 aromatic carbocycles. The van der Waals surface area contributed by atoms with Gasteiger partial charge in [-0.15, -0.1) is 0 Å². The predicted octanol–water partition coefficient (Wildman–Crippen LogP) is 1.58. The Hall–Kier alpha value is -2.81. The zero-order valence-electron chi connectivity index (χ0n) is 13.7. The molecule has 0 bridgehead atoms. The Balaban J connectivity index is 0.000000561. The van der Waals surface area contributed by atoms with Crippen LogP contribution in [0, 0.1) is 0 Å². The lowest BCUT2D eigenvalue weighted by atomic mass is 10.1. The first-order chi connectivity index (χ1) is 10.9. The van der Waals surface area contributed by atoms with Crippen LogP contribution in [0.1, 0.15) is 26.3 Å². The highest BCUT2D eigenvalue weighted by Gasteiger charge is 2.14. The van der Waals surface area contributed by atoms with Gasteiger partial charge in [-0.1, -0.05) is 12.1 Å². The van der Waals surface area contributed by atoms with E-state index in [1.807, 2.05) is 0 Å². The number of hydrogen-bond donors (Lipinski definition) is 4. The van der Waals surface area contributed by atoms with Crippen molar-refractivity contribution in [2.75, 3.05) is 0 Å². The number of aliphatic carboxylic acids is 1. The molecule has 0 spiro atoms. The van der Waals surface area contributed by atoms with Crippen LogP contribution in [0.2, 0.25) is 0 Å². The molecular weight excluding hydrogens is 320 g/mol. The number of carbonyl (C=O) groups excluding carboxylic acids is 1. The second-order valence-electron chi connectivity index (χ2n) is 5.69. The average molecular weight is 342 g/mol. The molecule has 0 saturated carbocycles. The van der Waals surface area contributed by atoms with E-state index < -0.39 is 29.9 Å². The normalized spacial score (nSPS) is 11.5. The molecule has 0 aromatic heterocycles. The van der Waals surface area contributed by atoms with Gasteiger partial charge in [0.05, 0.1) is 0 Å². The largest absolute Gasteiger partial charge is 0.506 e. The van der Waals surface area contributed by atoms with Gasteiger partial charge in [0.1, 0.15) is 17.4 Å². The molecule has 0 heterocycles. The molecule has 1 amide bonds. The Morgan fingerprint density at radius 3 is 1.92 bits per heavy atom. The minimum Gasteiger partial charge on any atom is -0.480 e. The molecule has 24 heavy (non-hydrogen) atoms. The third-order valence-electron chi connectivity index (χ3n) is 2.31. The van der Waals surface area contributed by atoms with Gasteiger partial charge in [-0.25, -0.2) is 9.59 Å². The van der Waals surface area contributed by atoms with E-state index >= 15 is 0 Å². The zero-order chi connectivity index (χ0) is 18.9. The molecule has 9 heteroatoms. The molecule has 1 rings (SSSR count). The lowest BCUT2D eigenvalue weighted by molar-refractivity contribution is -0.138. The summed E-state index contributed by atoms with van der Waals surface area (Å²) in [6.45, 7) is 5.04. The molecule has 0 aliphatic carbocycles. The van der Waals surface area contributed by atoms with Crippen LogP contribution in [0.3, 0.4) is 0 Å². The van der Waals surface area contributed by atoms with E-state index in [9.17, 15) is 14.4 Å². The van der Waals surface area contributed by atoms with Gasteiger partial charge >= 0.3 is 18.2 Å². The molecule has 0 fully saturated rings. The highest BCUT2D eigenvalue weighted by Crippen LogP contribution is 2.13. The van der Waals surface area contributed by atoms with Gasteiger partial charge in [0.15, 0.2) is 0 Å². The lowest BCUT2D eigenvalue weighted by Crippen LogP contribution is -2.32. The second-order valence-corrected chi connectivity index (χ2v) is 5.69. The van der Waals surface area contributed by atoms with Crippen LogP contribution in [0.4, 0.5) is 9.59 Å².